The number of aryl methyl sites for hydroxylation is 1. The highest BCUT2D eigenvalue weighted by molar-refractivity contribution is 5.95. The summed E-state index contributed by atoms with van der Waals surface area (Å²) < 4.78 is 4.13. The average molecular weight is 286 g/mol. The second kappa shape index (κ2) is 5.76. The molecule has 3 rings (SSSR count). The molecule has 0 aliphatic carbocycles. The maximum absolute atomic E-state index is 12.6. The molecule has 1 aliphatic heterocycles. The molecule has 0 N–H and O–H groups in total. The summed E-state index contributed by atoms with van der Waals surface area (Å²) in [5.41, 5.74) is 1.88. The molecule has 0 radical (unpaired) electrons. The predicted octanol–water partition coefficient (Wildman–Crippen LogP) is 2.08. The van der Waals surface area contributed by atoms with Gasteiger partial charge in [-0.05, 0) is 31.7 Å². The van der Waals surface area contributed by atoms with E-state index in [0.717, 1.165) is 43.7 Å². The van der Waals surface area contributed by atoms with E-state index in [2.05, 4.69) is 9.55 Å². The molecule has 1 saturated heterocycles. The standard InChI is InChI=1S/C16H22N4O/c1-13-15(5-7-18(13)2)16(21)20-8-3-14(4-9-20)11-19-10-6-17-12-19/h5-7,10,12,14H,3-4,8-9,11H2,1-2H3. The Hall–Kier alpha value is -2.04. The van der Waals surface area contributed by atoms with Crippen LogP contribution in [-0.2, 0) is 13.6 Å². The highest BCUT2D eigenvalue weighted by Crippen LogP contribution is 2.21. The van der Waals surface area contributed by atoms with E-state index in [0.29, 0.717) is 5.92 Å². The molecule has 1 fully saturated rings. The van der Waals surface area contributed by atoms with Crippen molar-refractivity contribution in [3.8, 4) is 0 Å². The van der Waals surface area contributed by atoms with Crippen LogP contribution in [0.1, 0.15) is 28.9 Å². The van der Waals surface area contributed by atoms with Crippen molar-refractivity contribution in [2.24, 2.45) is 13.0 Å². The van der Waals surface area contributed by atoms with Gasteiger partial charge in [0.15, 0.2) is 0 Å². The summed E-state index contributed by atoms with van der Waals surface area (Å²) in [5.74, 6) is 0.814. The molecule has 0 spiro atoms. The van der Waals surface area contributed by atoms with Crippen LogP contribution in [0, 0.1) is 12.8 Å². The summed E-state index contributed by atoms with van der Waals surface area (Å²) in [7, 11) is 1.98. The Kier molecular flexibility index (Phi) is 3.82. The molecule has 0 unspecified atom stereocenters. The number of imidazole rings is 1. The van der Waals surface area contributed by atoms with Crippen molar-refractivity contribution in [1.29, 1.82) is 0 Å². The molecule has 1 amide bonds. The van der Waals surface area contributed by atoms with E-state index in [-0.39, 0.29) is 5.91 Å². The van der Waals surface area contributed by atoms with Crippen molar-refractivity contribution in [1.82, 2.24) is 19.0 Å². The van der Waals surface area contributed by atoms with Gasteiger partial charge in [0, 0.05) is 51.0 Å². The molecule has 2 aromatic rings. The van der Waals surface area contributed by atoms with Gasteiger partial charge in [0.2, 0.25) is 0 Å². The minimum absolute atomic E-state index is 0.175. The zero-order valence-corrected chi connectivity index (χ0v) is 12.7. The fourth-order valence-electron chi connectivity index (χ4n) is 3.02. The van der Waals surface area contributed by atoms with E-state index in [4.69, 9.17) is 0 Å². The van der Waals surface area contributed by atoms with Crippen LogP contribution >= 0.6 is 0 Å². The molecule has 5 nitrogen and oxygen atoms in total. The van der Waals surface area contributed by atoms with E-state index in [1.54, 1.807) is 0 Å². The van der Waals surface area contributed by atoms with Gasteiger partial charge in [-0.15, -0.1) is 0 Å². The molecule has 0 atom stereocenters. The zero-order valence-electron chi connectivity index (χ0n) is 12.7. The van der Waals surface area contributed by atoms with Crippen molar-refractivity contribution in [3.05, 3.63) is 42.2 Å². The van der Waals surface area contributed by atoms with Crippen LogP contribution in [0.2, 0.25) is 0 Å². The topological polar surface area (TPSA) is 43.1 Å². The Morgan fingerprint density at radius 2 is 2.10 bits per heavy atom. The van der Waals surface area contributed by atoms with E-state index < -0.39 is 0 Å². The number of hydrogen-bond acceptors (Lipinski definition) is 2. The van der Waals surface area contributed by atoms with Crippen LogP contribution in [-0.4, -0.2) is 38.0 Å². The summed E-state index contributed by atoms with van der Waals surface area (Å²) in [6, 6.07) is 1.93. The van der Waals surface area contributed by atoms with Crippen molar-refractivity contribution < 1.29 is 4.79 Å². The van der Waals surface area contributed by atoms with Gasteiger partial charge in [0.25, 0.3) is 5.91 Å². The molecular weight excluding hydrogens is 264 g/mol. The molecule has 112 valence electrons. The highest BCUT2D eigenvalue weighted by atomic mass is 16.2. The van der Waals surface area contributed by atoms with Crippen LogP contribution in [0.4, 0.5) is 0 Å². The van der Waals surface area contributed by atoms with Gasteiger partial charge in [-0.3, -0.25) is 4.79 Å². The number of carbonyl (C=O) groups excluding carboxylic acids is 1. The second-order valence-corrected chi connectivity index (χ2v) is 5.92. The first kappa shape index (κ1) is 13.9. The van der Waals surface area contributed by atoms with E-state index in [1.807, 2.05) is 54.4 Å². The fourth-order valence-corrected chi connectivity index (χ4v) is 3.02. The Bertz CT molecular complexity index is 606. The number of nitrogens with zero attached hydrogens (tertiary/aromatic N) is 4. The molecule has 3 heterocycles. The highest BCUT2D eigenvalue weighted by Gasteiger charge is 2.25. The molecule has 0 bridgehead atoms. The third kappa shape index (κ3) is 2.86. The smallest absolute Gasteiger partial charge is 0.255 e. The quantitative estimate of drug-likeness (QED) is 0.867. The van der Waals surface area contributed by atoms with Crippen LogP contribution in [0.3, 0.4) is 0 Å². The first-order chi connectivity index (χ1) is 10.1. The van der Waals surface area contributed by atoms with Crippen LogP contribution in [0.5, 0.6) is 0 Å². The summed E-state index contributed by atoms with van der Waals surface area (Å²) in [6.07, 6.45) is 9.77. The Morgan fingerprint density at radius 3 is 2.67 bits per heavy atom. The summed E-state index contributed by atoms with van der Waals surface area (Å²) >= 11 is 0. The Morgan fingerprint density at radius 1 is 1.33 bits per heavy atom. The van der Waals surface area contributed by atoms with Gasteiger partial charge < -0.3 is 14.0 Å². The lowest BCUT2D eigenvalue weighted by atomic mass is 9.96. The largest absolute Gasteiger partial charge is 0.354 e. The van der Waals surface area contributed by atoms with Crippen molar-refractivity contribution >= 4 is 5.91 Å². The third-order valence-electron chi connectivity index (χ3n) is 4.54. The van der Waals surface area contributed by atoms with Gasteiger partial charge in [-0.25, -0.2) is 4.98 Å². The van der Waals surface area contributed by atoms with Gasteiger partial charge in [0.05, 0.1) is 11.9 Å². The summed E-state index contributed by atoms with van der Waals surface area (Å²) in [5, 5.41) is 0. The van der Waals surface area contributed by atoms with E-state index in [9.17, 15) is 4.79 Å². The van der Waals surface area contributed by atoms with Crippen molar-refractivity contribution in [2.45, 2.75) is 26.3 Å². The lowest BCUT2D eigenvalue weighted by Gasteiger charge is -2.32. The molecule has 1 aliphatic rings. The van der Waals surface area contributed by atoms with Crippen LogP contribution in [0.25, 0.3) is 0 Å². The van der Waals surface area contributed by atoms with Crippen molar-refractivity contribution in [3.63, 3.8) is 0 Å². The minimum Gasteiger partial charge on any atom is -0.354 e. The number of carbonyl (C=O) groups is 1. The molecule has 0 saturated carbocycles. The first-order valence-corrected chi connectivity index (χ1v) is 7.52. The average Bonchev–Trinajstić information content (AvgIpc) is 3.11. The molecule has 21 heavy (non-hydrogen) atoms. The van der Waals surface area contributed by atoms with Crippen LogP contribution in [0.15, 0.2) is 31.0 Å². The van der Waals surface area contributed by atoms with Gasteiger partial charge in [-0.2, -0.15) is 0 Å². The van der Waals surface area contributed by atoms with Gasteiger partial charge in [0.1, 0.15) is 0 Å². The molecule has 5 heteroatoms. The first-order valence-electron chi connectivity index (χ1n) is 7.52. The van der Waals surface area contributed by atoms with E-state index >= 15 is 0 Å². The summed E-state index contributed by atoms with van der Waals surface area (Å²) in [4.78, 5) is 18.6. The van der Waals surface area contributed by atoms with Crippen LogP contribution < -0.4 is 0 Å². The minimum atomic E-state index is 0.175. The van der Waals surface area contributed by atoms with E-state index in [1.165, 1.54) is 0 Å². The number of aromatic nitrogens is 3. The molecular formula is C16H22N4O. The Balaban J connectivity index is 1.58. The monoisotopic (exact) mass is 286 g/mol. The molecule has 0 aromatic carbocycles. The lowest BCUT2D eigenvalue weighted by Crippen LogP contribution is -2.39. The SMILES string of the molecule is Cc1c(C(=O)N2CCC(Cn3ccnc3)CC2)ccn1C. The predicted molar refractivity (Wildman–Crippen MR) is 81.0 cm³/mol. The third-order valence-corrected chi connectivity index (χ3v) is 4.54. The maximum Gasteiger partial charge on any atom is 0.255 e. The number of rotatable bonds is 3. The van der Waals surface area contributed by atoms with Gasteiger partial charge in [-0.1, -0.05) is 0 Å². The Labute approximate surface area is 125 Å². The number of piperidine rings is 1. The number of hydrogen-bond donors (Lipinski definition) is 0. The number of likely N-dealkylation sites (tertiary alicyclic amines) is 1. The number of amides is 1. The normalized spacial score (nSPS) is 16.4. The molecule has 2 aromatic heterocycles. The zero-order chi connectivity index (χ0) is 14.8. The summed E-state index contributed by atoms with van der Waals surface area (Å²) in [6.45, 7) is 4.71. The maximum atomic E-state index is 12.6. The van der Waals surface area contributed by atoms with Crippen molar-refractivity contribution in [2.75, 3.05) is 13.1 Å². The fraction of sp³-hybridized carbons (Fsp3) is 0.500. The second-order valence-electron chi connectivity index (χ2n) is 5.92. The van der Waals surface area contributed by atoms with Gasteiger partial charge >= 0.3 is 0 Å². The lowest BCUT2D eigenvalue weighted by molar-refractivity contribution is 0.0682.